The van der Waals surface area contributed by atoms with Crippen molar-refractivity contribution in [3.8, 4) is 0 Å². The first-order valence-electron chi connectivity index (χ1n) is 6.87. The number of rotatable bonds is 5. The number of H-pyrrole nitrogens is 1. The second-order valence-corrected chi connectivity index (χ2v) is 6.77. The van der Waals surface area contributed by atoms with Crippen molar-refractivity contribution in [1.82, 2.24) is 19.8 Å². The van der Waals surface area contributed by atoms with Crippen molar-refractivity contribution in [1.29, 1.82) is 0 Å². The summed E-state index contributed by atoms with van der Waals surface area (Å²) >= 11 is 0. The third-order valence-electron chi connectivity index (χ3n) is 3.56. The van der Waals surface area contributed by atoms with Crippen molar-refractivity contribution in [2.45, 2.75) is 30.8 Å². The minimum atomic E-state index is -3.80. The fourth-order valence-electron chi connectivity index (χ4n) is 2.34. The zero-order valence-electron chi connectivity index (χ0n) is 12.1. The van der Waals surface area contributed by atoms with E-state index in [0.717, 1.165) is 25.9 Å². The van der Waals surface area contributed by atoms with Gasteiger partial charge in [0.05, 0.1) is 12.8 Å². The lowest BCUT2D eigenvalue weighted by Crippen LogP contribution is -2.44. The first kappa shape index (κ1) is 15.9. The Balaban J connectivity index is 2.27. The van der Waals surface area contributed by atoms with Crippen LogP contribution in [0.2, 0.25) is 0 Å². The average molecular weight is 316 g/mol. The highest BCUT2D eigenvalue weighted by atomic mass is 32.2. The van der Waals surface area contributed by atoms with Crippen LogP contribution in [-0.4, -0.2) is 61.7 Å². The highest BCUT2D eigenvalue weighted by Crippen LogP contribution is 2.22. The molecule has 0 radical (unpaired) electrons. The molecule has 0 aliphatic carbocycles. The second kappa shape index (κ2) is 6.54. The zero-order valence-corrected chi connectivity index (χ0v) is 12.9. The standard InChI is InChI=1S/C12H20N4O4S/c1-3-20-12(17)10-8-14-15-11(10)21(18,19)16(2)9-4-6-13-7-5-9/h8-9,13H,3-7H2,1-2H3,(H,14,15). The Kier molecular flexibility index (Phi) is 4.96. The van der Waals surface area contributed by atoms with E-state index in [2.05, 4.69) is 15.5 Å². The van der Waals surface area contributed by atoms with Crippen LogP contribution in [0.5, 0.6) is 0 Å². The predicted octanol–water partition coefficient (Wildman–Crippen LogP) is -0.0411. The number of sulfonamides is 1. The van der Waals surface area contributed by atoms with Gasteiger partial charge in [-0.3, -0.25) is 5.10 Å². The van der Waals surface area contributed by atoms with E-state index >= 15 is 0 Å². The van der Waals surface area contributed by atoms with Gasteiger partial charge in [-0.2, -0.15) is 9.40 Å². The number of aromatic nitrogens is 2. The number of ether oxygens (including phenoxy) is 1. The van der Waals surface area contributed by atoms with Crippen molar-refractivity contribution in [2.75, 3.05) is 26.7 Å². The summed E-state index contributed by atoms with van der Waals surface area (Å²) in [4.78, 5) is 11.8. The van der Waals surface area contributed by atoms with E-state index in [9.17, 15) is 13.2 Å². The van der Waals surface area contributed by atoms with Crippen LogP contribution in [0.3, 0.4) is 0 Å². The van der Waals surface area contributed by atoms with Crippen LogP contribution in [0, 0.1) is 0 Å². The van der Waals surface area contributed by atoms with Gasteiger partial charge >= 0.3 is 5.97 Å². The molecule has 1 aromatic rings. The van der Waals surface area contributed by atoms with Crippen molar-refractivity contribution < 1.29 is 17.9 Å². The molecule has 21 heavy (non-hydrogen) atoms. The number of carbonyl (C=O) groups is 1. The number of hydrogen-bond donors (Lipinski definition) is 2. The lowest BCUT2D eigenvalue weighted by molar-refractivity contribution is 0.0521. The number of aromatic amines is 1. The Morgan fingerprint density at radius 1 is 1.48 bits per heavy atom. The molecule has 2 N–H and O–H groups in total. The van der Waals surface area contributed by atoms with Crippen molar-refractivity contribution in [3.05, 3.63) is 11.8 Å². The van der Waals surface area contributed by atoms with Crippen LogP contribution in [0.15, 0.2) is 11.2 Å². The van der Waals surface area contributed by atoms with E-state index in [1.54, 1.807) is 6.92 Å². The van der Waals surface area contributed by atoms with Gasteiger partial charge in [0.15, 0.2) is 5.03 Å². The smallest absolute Gasteiger partial charge is 0.342 e. The molecular weight excluding hydrogens is 296 g/mol. The predicted molar refractivity (Wildman–Crippen MR) is 75.4 cm³/mol. The fourth-order valence-corrected chi connectivity index (χ4v) is 3.81. The molecule has 2 heterocycles. The van der Waals surface area contributed by atoms with Gasteiger partial charge in [-0.15, -0.1) is 0 Å². The summed E-state index contributed by atoms with van der Waals surface area (Å²) in [6.45, 7) is 3.39. The molecule has 2 rings (SSSR count). The number of nitrogens with zero attached hydrogens (tertiary/aromatic N) is 2. The largest absolute Gasteiger partial charge is 0.462 e. The van der Waals surface area contributed by atoms with Crippen LogP contribution in [-0.2, 0) is 14.8 Å². The Bertz CT molecular complexity index is 592. The van der Waals surface area contributed by atoms with Gasteiger partial charge < -0.3 is 10.1 Å². The molecule has 0 amide bonds. The van der Waals surface area contributed by atoms with E-state index in [1.165, 1.54) is 17.5 Å². The van der Waals surface area contributed by atoms with Gasteiger partial charge in [-0.25, -0.2) is 13.2 Å². The topological polar surface area (TPSA) is 104 Å². The normalized spacial score (nSPS) is 17.1. The highest BCUT2D eigenvalue weighted by Gasteiger charge is 2.33. The van der Waals surface area contributed by atoms with Crippen molar-refractivity contribution >= 4 is 16.0 Å². The zero-order chi connectivity index (χ0) is 15.5. The Morgan fingerprint density at radius 3 is 2.76 bits per heavy atom. The fraction of sp³-hybridized carbons (Fsp3) is 0.667. The van der Waals surface area contributed by atoms with Crippen LogP contribution in [0.25, 0.3) is 0 Å². The van der Waals surface area contributed by atoms with E-state index in [0.29, 0.717) is 0 Å². The molecule has 0 saturated carbocycles. The van der Waals surface area contributed by atoms with Crippen LogP contribution < -0.4 is 5.32 Å². The molecule has 0 spiro atoms. The minimum absolute atomic E-state index is 0.0577. The molecule has 1 saturated heterocycles. The maximum atomic E-state index is 12.6. The van der Waals surface area contributed by atoms with Gasteiger partial charge in [0, 0.05) is 13.1 Å². The molecule has 118 valence electrons. The van der Waals surface area contributed by atoms with Gasteiger partial charge in [-0.1, -0.05) is 0 Å². The number of nitrogens with one attached hydrogen (secondary N) is 2. The average Bonchev–Trinajstić information content (AvgIpc) is 2.98. The lowest BCUT2D eigenvalue weighted by atomic mass is 10.1. The number of carbonyl (C=O) groups excluding carboxylic acids is 1. The first-order valence-corrected chi connectivity index (χ1v) is 8.31. The lowest BCUT2D eigenvalue weighted by Gasteiger charge is -2.30. The van der Waals surface area contributed by atoms with Crippen molar-refractivity contribution in [2.24, 2.45) is 0 Å². The molecule has 0 atom stereocenters. The summed E-state index contributed by atoms with van der Waals surface area (Å²) in [5.74, 6) is -0.691. The van der Waals surface area contributed by atoms with Crippen LogP contribution in [0.1, 0.15) is 30.1 Å². The molecule has 0 unspecified atom stereocenters. The molecule has 8 nitrogen and oxygen atoms in total. The molecule has 9 heteroatoms. The first-order chi connectivity index (χ1) is 9.98. The molecule has 1 aliphatic rings. The van der Waals surface area contributed by atoms with E-state index in [1.807, 2.05) is 0 Å². The maximum absolute atomic E-state index is 12.6. The summed E-state index contributed by atoms with van der Waals surface area (Å²) in [6.07, 6.45) is 2.65. The van der Waals surface area contributed by atoms with Crippen LogP contribution in [0.4, 0.5) is 0 Å². The maximum Gasteiger partial charge on any atom is 0.342 e. The SMILES string of the molecule is CCOC(=O)c1cn[nH]c1S(=O)(=O)N(C)C1CCNCC1. The molecular formula is C12H20N4O4S. The van der Waals surface area contributed by atoms with E-state index in [-0.39, 0.29) is 23.2 Å². The van der Waals surface area contributed by atoms with E-state index in [4.69, 9.17) is 4.74 Å². The molecule has 1 fully saturated rings. The van der Waals surface area contributed by atoms with E-state index < -0.39 is 16.0 Å². The monoisotopic (exact) mass is 316 g/mol. The van der Waals surface area contributed by atoms with Crippen molar-refractivity contribution in [3.63, 3.8) is 0 Å². The highest BCUT2D eigenvalue weighted by molar-refractivity contribution is 7.89. The van der Waals surface area contributed by atoms with Gasteiger partial charge in [0.25, 0.3) is 10.0 Å². The van der Waals surface area contributed by atoms with Gasteiger partial charge in [-0.05, 0) is 32.9 Å². The summed E-state index contributed by atoms with van der Waals surface area (Å²) in [5, 5.41) is 9.06. The Morgan fingerprint density at radius 2 is 2.14 bits per heavy atom. The number of esters is 1. The third-order valence-corrected chi connectivity index (χ3v) is 5.44. The molecule has 1 aliphatic heterocycles. The third kappa shape index (κ3) is 3.25. The van der Waals surface area contributed by atoms with Gasteiger partial charge in [0.1, 0.15) is 5.56 Å². The van der Waals surface area contributed by atoms with Gasteiger partial charge in [0.2, 0.25) is 0 Å². The minimum Gasteiger partial charge on any atom is -0.462 e. The second-order valence-electron chi connectivity index (χ2n) is 4.84. The van der Waals surface area contributed by atoms with Crippen LogP contribution >= 0.6 is 0 Å². The Labute approximate surface area is 123 Å². The quantitative estimate of drug-likeness (QED) is 0.739. The summed E-state index contributed by atoms with van der Waals surface area (Å²) in [6, 6.07) is -0.0883. The number of piperidine rings is 1. The summed E-state index contributed by atoms with van der Waals surface area (Å²) < 4.78 is 31.5. The summed E-state index contributed by atoms with van der Waals surface area (Å²) in [7, 11) is -2.27. The molecule has 1 aromatic heterocycles. The Hall–Kier alpha value is -1.45. The summed E-state index contributed by atoms with van der Waals surface area (Å²) in [5.41, 5.74) is -0.0577. The molecule has 0 aromatic carbocycles. The number of hydrogen-bond acceptors (Lipinski definition) is 6. The molecule has 0 bridgehead atoms.